The molecule has 6 nitrogen and oxygen atoms in total. The highest BCUT2D eigenvalue weighted by Crippen LogP contribution is 2.49. The third-order valence-corrected chi connectivity index (χ3v) is 6.90. The Kier molecular flexibility index (Phi) is 3.78. The number of carboxylic acid groups (broad SMARTS) is 1. The molecule has 3 atom stereocenters. The van der Waals surface area contributed by atoms with Gasteiger partial charge in [-0.2, -0.15) is 0 Å². The molecule has 3 aliphatic rings. The van der Waals surface area contributed by atoms with E-state index in [1.54, 1.807) is 16.2 Å². The van der Waals surface area contributed by atoms with Gasteiger partial charge in [-0.3, -0.25) is 4.79 Å². The number of nitrogens with one attached hydrogen (secondary N) is 1. The largest absolute Gasteiger partial charge is 0.481 e. The Balaban J connectivity index is 1.47. The molecule has 1 aromatic rings. The van der Waals surface area contributed by atoms with Gasteiger partial charge in [-0.05, 0) is 44.4 Å². The van der Waals surface area contributed by atoms with E-state index in [-0.39, 0.29) is 18.0 Å². The molecule has 3 fully saturated rings. The normalized spacial score (nSPS) is 30.2. The van der Waals surface area contributed by atoms with Gasteiger partial charge < -0.3 is 15.3 Å². The number of carboxylic acids is 1. The Hall–Kier alpha value is -1.63. The predicted octanol–water partition coefficient (Wildman–Crippen LogP) is 2.80. The number of nitrogens with zero attached hydrogens (tertiary/aromatic N) is 2. The highest BCUT2D eigenvalue weighted by Gasteiger charge is 2.56. The van der Waals surface area contributed by atoms with E-state index in [1.807, 2.05) is 12.3 Å². The lowest BCUT2D eigenvalue weighted by atomic mass is 9.81. The zero-order valence-electron chi connectivity index (χ0n) is 13.8. The van der Waals surface area contributed by atoms with E-state index in [0.717, 1.165) is 36.4 Å². The monoisotopic (exact) mass is 349 g/mol. The van der Waals surface area contributed by atoms with Crippen LogP contribution in [0.1, 0.15) is 48.8 Å². The molecular formula is C17H23N3O3S. The van der Waals surface area contributed by atoms with Crippen molar-refractivity contribution >= 4 is 23.3 Å². The van der Waals surface area contributed by atoms with Gasteiger partial charge in [-0.15, -0.1) is 11.3 Å². The number of hydrogen-bond donors (Lipinski definition) is 2. The maximum Gasteiger partial charge on any atom is 0.318 e. The van der Waals surface area contributed by atoms with Crippen LogP contribution in [0.4, 0.5) is 4.79 Å². The van der Waals surface area contributed by atoms with Crippen LogP contribution in [0.25, 0.3) is 0 Å². The molecule has 7 heteroatoms. The zero-order valence-corrected chi connectivity index (χ0v) is 14.6. The topological polar surface area (TPSA) is 82.5 Å². The highest BCUT2D eigenvalue weighted by atomic mass is 32.1. The van der Waals surface area contributed by atoms with E-state index in [0.29, 0.717) is 25.4 Å². The van der Waals surface area contributed by atoms with Crippen molar-refractivity contribution in [3.05, 3.63) is 16.1 Å². The minimum atomic E-state index is -0.741. The third-order valence-electron chi connectivity index (χ3n) is 5.86. The van der Waals surface area contributed by atoms with Crippen molar-refractivity contribution in [2.45, 2.75) is 45.1 Å². The molecular weight excluding hydrogens is 326 g/mol. The zero-order chi connectivity index (χ0) is 16.9. The summed E-state index contributed by atoms with van der Waals surface area (Å²) in [6, 6.07) is -0.160. The summed E-state index contributed by atoms with van der Waals surface area (Å²) >= 11 is 1.59. The molecule has 2 heterocycles. The van der Waals surface area contributed by atoms with Crippen LogP contribution in [0.2, 0.25) is 0 Å². The fourth-order valence-electron chi connectivity index (χ4n) is 4.34. The second-order valence-electron chi connectivity index (χ2n) is 7.52. The van der Waals surface area contributed by atoms with Crippen molar-refractivity contribution in [1.82, 2.24) is 15.2 Å². The average Bonchev–Trinajstić information content (AvgIpc) is 2.97. The summed E-state index contributed by atoms with van der Waals surface area (Å²) in [4.78, 5) is 30.8. The van der Waals surface area contributed by atoms with E-state index >= 15 is 0 Å². The number of fused-ring (bicyclic) bond motifs is 1. The molecule has 1 saturated heterocycles. The lowest BCUT2D eigenvalue weighted by Crippen LogP contribution is -2.43. The van der Waals surface area contributed by atoms with Gasteiger partial charge in [-0.1, -0.05) is 6.42 Å². The Labute approximate surface area is 145 Å². The van der Waals surface area contributed by atoms with Crippen molar-refractivity contribution in [1.29, 1.82) is 0 Å². The first kappa shape index (κ1) is 15.9. The van der Waals surface area contributed by atoms with Gasteiger partial charge in [0.2, 0.25) is 0 Å². The number of likely N-dealkylation sites (tertiary alicyclic amines) is 1. The molecule has 2 N–H and O–H groups in total. The molecule has 1 aromatic heterocycles. The molecule has 1 aliphatic heterocycles. The fourth-order valence-corrected chi connectivity index (χ4v) is 5.28. The molecule has 0 spiro atoms. The standard InChI is InChI=1S/C17H23N3O3S/c1-10-8-24-14(18-10)13(11-4-5-11)19-16(23)20-7-12-3-2-6-17(12,9-20)15(21)22/h8,11-13H,2-7,9H2,1H3,(H,19,23)(H,21,22)/t12-,13?,17+/m0/s1. The van der Waals surface area contributed by atoms with Gasteiger partial charge in [0.1, 0.15) is 5.01 Å². The Morgan fingerprint density at radius 2 is 2.25 bits per heavy atom. The quantitative estimate of drug-likeness (QED) is 0.876. The van der Waals surface area contributed by atoms with Crippen molar-refractivity contribution in [3.63, 3.8) is 0 Å². The fraction of sp³-hybridized carbons (Fsp3) is 0.706. The predicted molar refractivity (Wildman–Crippen MR) is 89.8 cm³/mol. The Bertz CT molecular complexity index is 672. The van der Waals surface area contributed by atoms with Crippen molar-refractivity contribution in [2.75, 3.05) is 13.1 Å². The second-order valence-corrected chi connectivity index (χ2v) is 8.41. The molecule has 0 aromatic carbocycles. The lowest BCUT2D eigenvalue weighted by molar-refractivity contribution is -0.149. The number of carbonyl (C=O) groups excluding carboxylic acids is 1. The van der Waals surface area contributed by atoms with Crippen LogP contribution < -0.4 is 5.32 Å². The highest BCUT2D eigenvalue weighted by molar-refractivity contribution is 7.09. The van der Waals surface area contributed by atoms with E-state index in [1.165, 1.54) is 0 Å². The van der Waals surface area contributed by atoms with Crippen molar-refractivity contribution in [2.24, 2.45) is 17.3 Å². The molecule has 2 aliphatic carbocycles. The second kappa shape index (κ2) is 5.72. The minimum Gasteiger partial charge on any atom is -0.481 e. The smallest absolute Gasteiger partial charge is 0.318 e. The summed E-state index contributed by atoms with van der Waals surface area (Å²) in [6.45, 7) is 2.86. The molecule has 0 radical (unpaired) electrons. The van der Waals surface area contributed by atoms with Gasteiger partial charge in [0, 0.05) is 24.2 Å². The van der Waals surface area contributed by atoms with E-state index in [9.17, 15) is 14.7 Å². The summed E-state index contributed by atoms with van der Waals surface area (Å²) in [5.41, 5.74) is 0.264. The maximum atomic E-state index is 12.8. The number of aliphatic carboxylic acids is 1. The molecule has 1 unspecified atom stereocenters. The van der Waals surface area contributed by atoms with E-state index in [4.69, 9.17) is 0 Å². The van der Waals surface area contributed by atoms with Crippen LogP contribution in [0.15, 0.2) is 5.38 Å². The molecule has 4 rings (SSSR count). The Morgan fingerprint density at radius 3 is 2.83 bits per heavy atom. The van der Waals surface area contributed by atoms with E-state index in [2.05, 4.69) is 10.3 Å². The number of hydrogen-bond acceptors (Lipinski definition) is 4. The third kappa shape index (κ3) is 2.59. The van der Waals surface area contributed by atoms with Crippen molar-refractivity contribution < 1.29 is 14.7 Å². The van der Waals surface area contributed by atoms with E-state index < -0.39 is 11.4 Å². The van der Waals surface area contributed by atoms with Crippen LogP contribution in [0.3, 0.4) is 0 Å². The minimum absolute atomic E-state index is 0.0302. The number of urea groups is 1. The first-order valence-electron chi connectivity index (χ1n) is 8.70. The van der Waals surface area contributed by atoms with Crippen LogP contribution in [0.5, 0.6) is 0 Å². The Morgan fingerprint density at radius 1 is 1.46 bits per heavy atom. The molecule has 2 saturated carbocycles. The van der Waals surface area contributed by atoms with Gasteiger partial charge in [-0.25, -0.2) is 9.78 Å². The number of aryl methyl sites for hydroxylation is 1. The maximum absolute atomic E-state index is 12.8. The van der Waals surface area contributed by atoms with Gasteiger partial charge in [0.25, 0.3) is 0 Å². The van der Waals surface area contributed by atoms with Crippen molar-refractivity contribution in [3.8, 4) is 0 Å². The van der Waals surface area contributed by atoms with Crippen LogP contribution in [-0.2, 0) is 4.79 Å². The van der Waals surface area contributed by atoms with Crippen LogP contribution in [-0.4, -0.2) is 40.1 Å². The SMILES string of the molecule is Cc1csc(C(NC(=O)N2C[C@@H]3CCC[C@@]3(C(=O)O)C2)C2CC2)n1. The number of carbonyl (C=O) groups is 2. The summed E-state index contributed by atoms with van der Waals surface area (Å²) < 4.78 is 0. The van der Waals surface area contributed by atoms with Crippen LogP contribution in [0, 0.1) is 24.2 Å². The molecule has 130 valence electrons. The first-order valence-corrected chi connectivity index (χ1v) is 9.58. The van der Waals surface area contributed by atoms with Gasteiger partial charge >= 0.3 is 12.0 Å². The number of rotatable bonds is 4. The summed E-state index contributed by atoms with van der Waals surface area (Å²) in [7, 11) is 0. The van der Waals surface area contributed by atoms with Crippen LogP contribution >= 0.6 is 11.3 Å². The molecule has 0 bridgehead atoms. The van der Waals surface area contributed by atoms with Gasteiger partial charge in [0.05, 0.1) is 11.5 Å². The number of aromatic nitrogens is 1. The summed E-state index contributed by atoms with van der Waals surface area (Å²) in [6.07, 6.45) is 4.79. The molecule has 2 amide bonds. The number of amides is 2. The lowest BCUT2D eigenvalue weighted by Gasteiger charge is -2.25. The molecule has 24 heavy (non-hydrogen) atoms. The first-order chi connectivity index (χ1) is 11.5. The average molecular weight is 349 g/mol. The number of thiazole rings is 1. The summed E-state index contributed by atoms with van der Waals surface area (Å²) in [5.74, 6) is -0.174. The van der Waals surface area contributed by atoms with Gasteiger partial charge in [0.15, 0.2) is 0 Å². The summed E-state index contributed by atoms with van der Waals surface area (Å²) in [5, 5.41) is 15.8.